The number of hydrogen-bond acceptors (Lipinski definition) is 3. The van der Waals surface area contributed by atoms with Gasteiger partial charge in [0.1, 0.15) is 5.75 Å². The van der Waals surface area contributed by atoms with Crippen molar-refractivity contribution in [2.24, 2.45) is 0 Å². The van der Waals surface area contributed by atoms with Crippen LogP contribution in [0.1, 0.15) is 25.5 Å². The van der Waals surface area contributed by atoms with Crippen LogP contribution in [0.3, 0.4) is 0 Å². The highest BCUT2D eigenvalue weighted by molar-refractivity contribution is 5.93. The fourth-order valence-electron chi connectivity index (χ4n) is 1.57. The number of nitrogens with one attached hydrogen (secondary N) is 1. The van der Waals surface area contributed by atoms with Crippen molar-refractivity contribution in [2.45, 2.75) is 19.9 Å². The molecule has 1 aromatic rings. The second-order valence-electron chi connectivity index (χ2n) is 4.94. The Bertz CT molecular complexity index is 450. The van der Waals surface area contributed by atoms with Crippen molar-refractivity contribution in [3.05, 3.63) is 41.5 Å². The topological polar surface area (TPSA) is 52.6 Å². The monoisotopic (exact) mass is 262 g/mol. The Balaban J connectivity index is 2.61. The zero-order valence-electron chi connectivity index (χ0n) is 12.0. The molecule has 0 bridgehead atoms. The normalized spacial score (nSPS) is 13.4. The molecule has 0 aliphatic carbocycles. The highest BCUT2D eigenvalue weighted by atomic mass is 16.3. The van der Waals surface area contributed by atoms with Gasteiger partial charge in [-0.25, -0.2) is 0 Å². The fraction of sp³-hybridized carbons (Fsp3) is 0.400. The minimum Gasteiger partial charge on any atom is -0.508 e. The molecule has 104 valence electrons. The van der Waals surface area contributed by atoms with E-state index in [4.69, 9.17) is 0 Å². The van der Waals surface area contributed by atoms with E-state index in [0.29, 0.717) is 5.57 Å². The highest BCUT2D eigenvalue weighted by Crippen LogP contribution is 2.16. The molecular formula is C15H22N2O2. The van der Waals surface area contributed by atoms with E-state index in [2.05, 4.69) is 5.32 Å². The maximum atomic E-state index is 12.0. The Labute approximate surface area is 114 Å². The molecule has 0 heterocycles. The summed E-state index contributed by atoms with van der Waals surface area (Å²) in [5.74, 6) is 0.159. The number of nitrogens with zero attached hydrogens (tertiary/aromatic N) is 1. The summed E-state index contributed by atoms with van der Waals surface area (Å²) < 4.78 is 0. The molecular weight excluding hydrogens is 240 g/mol. The third kappa shape index (κ3) is 5.14. The first-order chi connectivity index (χ1) is 8.90. The first-order valence-electron chi connectivity index (χ1n) is 6.31. The van der Waals surface area contributed by atoms with Crippen LogP contribution in [0.5, 0.6) is 5.75 Å². The Hall–Kier alpha value is -1.81. The molecule has 4 heteroatoms. The van der Waals surface area contributed by atoms with E-state index in [1.807, 2.05) is 38.9 Å². The predicted octanol–water partition coefficient (Wildman–Crippen LogP) is 2.08. The maximum absolute atomic E-state index is 12.0. The minimum absolute atomic E-state index is 0.0672. The molecule has 0 aliphatic rings. The number of amides is 1. The van der Waals surface area contributed by atoms with Gasteiger partial charge in [-0.15, -0.1) is 0 Å². The number of aromatic hydroxyl groups is 1. The van der Waals surface area contributed by atoms with Crippen LogP contribution in [-0.2, 0) is 4.79 Å². The van der Waals surface area contributed by atoms with Crippen molar-refractivity contribution >= 4 is 5.91 Å². The summed E-state index contributed by atoms with van der Waals surface area (Å²) in [5.41, 5.74) is 1.67. The van der Waals surface area contributed by atoms with Crippen LogP contribution in [0.15, 0.2) is 35.9 Å². The van der Waals surface area contributed by atoms with Crippen LogP contribution in [-0.4, -0.2) is 36.6 Å². The smallest absolute Gasteiger partial charge is 0.247 e. The lowest BCUT2D eigenvalue weighted by atomic mass is 10.1. The molecule has 1 atom stereocenters. The minimum atomic E-state index is -0.0872. The van der Waals surface area contributed by atoms with E-state index in [0.717, 1.165) is 12.1 Å². The molecule has 2 N–H and O–H groups in total. The standard InChI is InChI=1S/C15H22N2O2/c1-11(9-10-17(3)4)15(19)16-12(2)13-5-7-14(18)8-6-13/h5-9,12,18H,10H2,1-4H3,(H,16,19)/b11-9+. The number of hydrogen-bond donors (Lipinski definition) is 2. The number of rotatable bonds is 5. The van der Waals surface area contributed by atoms with E-state index < -0.39 is 0 Å². The summed E-state index contributed by atoms with van der Waals surface area (Å²) in [6, 6.07) is 6.76. The lowest BCUT2D eigenvalue weighted by molar-refractivity contribution is -0.118. The Morgan fingerprint density at radius 1 is 1.37 bits per heavy atom. The van der Waals surface area contributed by atoms with E-state index in [1.165, 1.54) is 0 Å². The number of phenols is 1. The van der Waals surface area contributed by atoms with Gasteiger partial charge in [0.2, 0.25) is 5.91 Å². The summed E-state index contributed by atoms with van der Waals surface area (Å²) in [7, 11) is 3.92. The fourth-order valence-corrected chi connectivity index (χ4v) is 1.57. The molecule has 0 spiro atoms. The number of phenolic OH excluding ortho intramolecular Hbond substituents is 1. The van der Waals surface area contributed by atoms with Gasteiger partial charge in [-0.2, -0.15) is 0 Å². The zero-order chi connectivity index (χ0) is 14.4. The Kier molecular flexibility index (Phi) is 5.57. The van der Waals surface area contributed by atoms with Gasteiger partial charge in [0.25, 0.3) is 0 Å². The average molecular weight is 262 g/mol. The molecule has 0 saturated heterocycles. The third-order valence-corrected chi connectivity index (χ3v) is 2.86. The van der Waals surface area contributed by atoms with Gasteiger partial charge in [0.15, 0.2) is 0 Å². The molecule has 1 unspecified atom stereocenters. The molecule has 0 aromatic heterocycles. The summed E-state index contributed by atoms with van der Waals surface area (Å²) in [6.45, 7) is 4.47. The van der Waals surface area contributed by atoms with Crippen molar-refractivity contribution in [2.75, 3.05) is 20.6 Å². The number of benzene rings is 1. The number of carbonyl (C=O) groups is 1. The quantitative estimate of drug-likeness (QED) is 0.799. The number of carbonyl (C=O) groups excluding carboxylic acids is 1. The molecule has 1 aromatic carbocycles. The van der Waals surface area contributed by atoms with E-state index >= 15 is 0 Å². The van der Waals surface area contributed by atoms with Gasteiger partial charge in [-0.1, -0.05) is 18.2 Å². The van der Waals surface area contributed by atoms with Gasteiger partial charge in [0, 0.05) is 12.1 Å². The van der Waals surface area contributed by atoms with Crippen molar-refractivity contribution in [1.29, 1.82) is 0 Å². The van der Waals surface area contributed by atoms with Crippen molar-refractivity contribution in [3.8, 4) is 5.75 Å². The molecule has 1 rings (SSSR count). The first kappa shape index (κ1) is 15.2. The van der Waals surface area contributed by atoms with Crippen molar-refractivity contribution in [1.82, 2.24) is 10.2 Å². The molecule has 1 amide bonds. The molecule has 0 aliphatic heterocycles. The van der Waals surface area contributed by atoms with Crippen molar-refractivity contribution < 1.29 is 9.90 Å². The van der Waals surface area contributed by atoms with Crippen LogP contribution in [0, 0.1) is 0 Å². The lowest BCUT2D eigenvalue weighted by Crippen LogP contribution is -2.27. The van der Waals surface area contributed by atoms with Gasteiger partial charge in [-0.05, 0) is 45.6 Å². The largest absolute Gasteiger partial charge is 0.508 e. The van der Waals surface area contributed by atoms with Crippen LogP contribution >= 0.6 is 0 Å². The third-order valence-electron chi connectivity index (χ3n) is 2.86. The van der Waals surface area contributed by atoms with Crippen LogP contribution < -0.4 is 5.32 Å². The zero-order valence-corrected chi connectivity index (χ0v) is 12.0. The second kappa shape index (κ2) is 6.95. The SMILES string of the molecule is C/C(=C\CN(C)C)C(=O)NC(C)c1ccc(O)cc1. The van der Waals surface area contributed by atoms with E-state index in [9.17, 15) is 9.90 Å². The molecule has 0 fully saturated rings. The Morgan fingerprint density at radius 2 is 1.95 bits per heavy atom. The first-order valence-corrected chi connectivity index (χ1v) is 6.31. The number of likely N-dealkylation sites (N-methyl/N-ethyl adjacent to an activating group) is 1. The maximum Gasteiger partial charge on any atom is 0.247 e. The molecule has 4 nitrogen and oxygen atoms in total. The van der Waals surface area contributed by atoms with Crippen LogP contribution in [0.4, 0.5) is 0 Å². The van der Waals surface area contributed by atoms with Gasteiger partial charge >= 0.3 is 0 Å². The highest BCUT2D eigenvalue weighted by Gasteiger charge is 2.10. The van der Waals surface area contributed by atoms with E-state index in [1.54, 1.807) is 24.3 Å². The summed E-state index contributed by atoms with van der Waals surface area (Å²) >= 11 is 0. The molecule has 0 saturated carbocycles. The van der Waals surface area contributed by atoms with E-state index in [-0.39, 0.29) is 17.7 Å². The average Bonchev–Trinajstić information content (AvgIpc) is 2.36. The van der Waals surface area contributed by atoms with Crippen LogP contribution in [0.2, 0.25) is 0 Å². The van der Waals surface area contributed by atoms with Gasteiger partial charge in [0.05, 0.1) is 6.04 Å². The Morgan fingerprint density at radius 3 is 2.47 bits per heavy atom. The second-order valence-corrected chi connectivity index (χ2v) is 4.94. The summed E-state index contributed by atoms with van der Waals surface area (Å²) in [5, 5.41) is 12.2. The predicted molar refractivity (Wildman–Crippen MR) is 77.0 cm³/mol. The van der Waals surface area contributed by atoms with Crippen LogP contribution in [0.25, 0.3) is 0 Å². The summed E-state index contributed by atoms with van der Waals surface area (Å²) in [4.78, 5) is 14.0. The van der Waals surface area contributed by atoms with Gasteiger partial charge in [-0.3, -0.25) is 4.79 Å². The lowest BCUT2D eigenvalue weighted by Gasteiger charge is -2.15. The molecule has 0 radical (unpaired) electrons. The summed E-state index contributed by atoms with van der Waals surface area (Å²) in [6.07, 6.45) is 1.90. The van der Waals surface area contributed by atoms with Crippen molar-refractivity contribution in [3.63, 3.8) is 0 Å². The molecule has 19 heavy (non-hydrogen) atoms. The van der Waals surface area contributed by atoms with Gasteiger partial charge < -0.3 is 15.3 Å².